The zero-order chi connectivity index (χ0) is 21.7. The summed E-state index contributed by atoms with van der Waals surface area (Å²) in [5.41, 5.74) is 0. The van der Waals surface area contributed by atoms with Gasteiger partial charge >= 0.3 is 0 Å². The Morgan fingerprint density at radius 2 is 1.71 bits per heavy atom. The Morgan fingerprint density at radius 1 is 1.14 bits per heavy atom. The highest BCUT2D eigenvalue weighted by Crippen LogP contribution is 2.39. The second-order valence-corrected chi connectivity index (χ2v) is 12.2. The molecule has 3 atom stereocenters. The lowest BCUT2D eigenvalue weighted by atomic mass is 10.00. The number of halogens is 6. The maximum atomic E-state index is 12.8. The van der Waals surface area contributed by atoms with Crippen molar-refractivity contribution in [3.8, 4) is 0 Å². The van der Waals surface area contributed by atoms with Crippen molar-refractivity contribution in [1.82, 2.24) is 15.2 Å². The van der Waals surface area contributed by atoms with Gasteiger partial charge in [-0.3, -0.25) is 9.59 Å². The van der Waals surface area contributed by atoms with Gasteiger partial charge in [0.05, 0.1) is 6.54 Å². The fraction of sp³-hybridized carbons (Fsp3) is 0.688. The summed E-state index contributed by atoms with van der Waals surface area (Å²) in [6.07, 6.45) is 1.73. The summed E-state index contributed by atoms with van der Waals surface area (Å²) in [4.78, 5) is 30.9. The van der Waals surface area contributed by atoms with Crippen LogP contribution in [0.25, 0.3) is 0 Å². The van der Waals surface area contributed by atoms with Crippen LogP contribution in [-0.4, -0.2) is 42.4 Å². The fourth-order valence-electron chi connectivity index (χ4n) is 2.23. The summed E-state index contributed by atoms with van der Waals surface area (Å²) in [6, 6.07) is -0.860. The van der Waals surface area contributed by atoms with Gasteiger partial charge < -0.3 is 10.2 Å². The van der Waals surface area contributed by atoms with Crippen LogP contribution in [0.2, 0.25) is 0 Å². The number of amides is 2. The van der Waals surface area contributed by atoms with Crippen molar-refractivity contribution in [2.45, 2.75) is 46.9 Å². The van der Waals surface area contributed by atoms with Crippen LogP contribution >= 0.6 is 80.9 Å². The molecule has 0 unspecified atom stereocenters. The first-order chi connectivity index (χ1) is 12.7. The van der Waals surface area contributed by atoms with Gasteiger partial charge in [-0.15, -0.1) is 11.3 Å². The number of nitrogens with one attached hydrogen (secondary N) is 1. The Hall–Kier alpha value is 0.310. The highest BCUT2D eigenvalue weighted by molar-refractivity contribution is 7.09. The van der Waals surface area contributed by atoms with Crippen LogP contribution in [0.5, 0.6) is 0 Å². The lowest BCUT2D eigenvalue weighted by molar-refractivity contribution is -0.140. The Kier molecular flexibility index (Phi) is 10.4. The molecular formula is C16H21Cl6N3O2S. The zero-order valence-corrected chi connectivity index (χ0v) is 20.7. The van der Waals surface area contributed by atoms with Crippen LogP contribution in [0.15, 0.2) is 11.6 Å². The lowest BCUT2D eigenvalue weighted by Crippen LogP contribution is -2.49. The van der Waals surface area contributed by atoms with E-state index in [0.717, 1.165) is 5.01 Å². The topological polar surface area (TPSA) is 62.3 Å². The number of nitrogens with zero attached hydrogens (tertiary/aromatic N) is 2. The van der Waals surface area contributed by atoms with Crippen LogP contribution in [0.4, 0.5) is 0 Å². The summed E-state index contributed by atoms with van der Waals surface area (Å²) < 4.78 is -3.17. The third-order valence-electron chi connectivity index (χ3n) is 4.24. The molecule has 0 radical (unpaired) electrons. The molecule has 0 saturated carbocycles. The van der Waals surface area contributed by atoms with Gasteiger partial charge in [0.25, 0.3) is 0 Å². The molecule has 160 valence electrons. The van der Waals surface area contributed by atoms with Gasteiger partial charge in [-0.1, -0.05) is 83.5 Å². The number of aromatic nitrogens is 1. The maximum absolute atomic E-state index is 12.8. The van der Waals surface area contributed by atoms with Crippen LogP contribution in [0.1, 0.15) is 31.7 Å². The molecule has 0 aliphatic rings. The van der Waals surface area contributed by atoms with Gasteiger partial charge in [-0.05, 0) is 6.42 Å². The molecule has 12 heteroatoms. The highest BCUT2D eigenvalue weighted by atomic mass is 35.6. The quantitative estimate of drug-likeness (QED) is 0.458. The van der Waals surface area contributed by atoms with E-state index in [1.54, 1.807) is 25.4 Å². The van der Waals surface area contributed by atoms with Crippen molar-refractivity contribution in [3.63, 3.8) is 0 Å². The van der Waals surface area contributed by atoms with Crippen LogP contribution < -0.4 is 5.32 Å². The Morgan fingerprint density at radius 3 is 2.18 bits per heavy atom. The first kappa shape index (κ1) is 26.3. The lowest BCUT2D eigenvalue weighted by Gasteiger charge is -2.32. The number of thiazole rings is 1. The molecule has 0 fully saturated rings. The Balaban J connectivity index is 2.91. The van der Waals surface area contributed by atoms with E-state index < -0.39 is 25.5 Å². The van der Waals surface area contributed by atoms with Crippen molar-refractivity contribution in [2.75, 3.05) is 7.05 Å². The molecule has 0 saturated heterocycles. The average molecular weight is 532 g/mol. The van der Waals surface area contributed by atoms with Crippen molar-refractivity contribution in [3.05, 3.63) is 16.6 Å². The highest BCUT2D eigenvalue weighted by Gasteiger charge is 2.37. The zero-order valence-electron chi connectivity index (χ0n) is 15.4. The van der Waals surface area contributed by atoms with Crippen molar-refractivity contribution < 1.29 is 9.59 Å². The molecule has 5 nitrogen and oxygen atoms in total. The fourth-order valence-corrected chi connectivity index (χ4v) is 3.28. The molecule has 0 aromatic carbocycles. The van der Waals surface area contributed by atoms with Crippen molar-refractivity contribution in [1.29, 1.82) is 0 Å². The second kappa shape index (κ2) is 11.1. The third kappa shape index (κ3) is 8.58. The largest absolute Gasteiger partial charge is 0.348 e. The molecule has 1 aromatic heterocycles. The van der Waals surface area contributed by atoms with Gasteiger partial charge in [-0.2, -0.15) is 0 Å². The maximum Gasteiger partial charge on any atom is 0.243 e. The number of alkyl halides is 6. The standard InChI is InChI=1S/C16H21Cl6N3O2S/c1-9(15(17,18)19)6-11(14(27)24-8-12-23-4-5-28-12)25(3)13(26)7-10(2)16(20,21)22/h4-5,9-11H,6-8H2,1-3H3,(H,24,27)/t9-,10-,11+/m0/s1. The van der Waals surface area contributed by atoms with E-state index in [1.165, 1.54) is 23.3 Å². The summed E-state index contributed by atoms with van der Waals surface area (Å²) in [7, 11) is 1.51. The Labute approximate surface area is 198 Å². The minimum atomic E-state index is -1.59. The van der Waals surface area contributed by atoms with E-state index in [4.69, 9.17) is 69.6 Å². The van der Waals surface area contributed by atoms with Crippen LogP contribution in [-0.2, 0) is 16.1 Å². The molecule has 28 heavy (non-hydrogen) atoms. The smallest absolute Gasteiger partial charge is 0.243 e. The average Bonchev–Trinajstić information content (AvgIpc) is 3.08. The molecule has 0 spiro atoms. The number of likely N-dealkylation sites (N-methyl/N-ethyl adjacent to an activating group) is 1. The van der Waals surface area contributed by atoms with E-state index in [1.807, 2.05) is 0 Å². The van der Waals surface area contributed by atoms with Gasteiger partial charge in [0.1, 0.15) is 11.0 Å². The van der Waals surface area contributed by atoms with Gasteiger partial charge in [0.2, 0.25) is 11.8 Å². The number of hydrogen-bond acceptors (Lipinski definition) is 4. The van der Waals surface area contributed by atoms with Crippen molar-refractivity contribution >= 4 is 92.8 Å². The predicted octanol–water partition coefficient (Wildman–Crippen LogP) is 5.38. The van der Waals surface area contributed by atoms with E-state index >= 15 is 0 Å². The van der Waals surface area contributed by atoms with E-state index in [2.05, 4.69) is 10.3 Å². The molecule has 0 aliphatic heterocycles. The number of carbonyl (C=O) groups is 2. The first-order valence-corrected chi connectivity index (χ1v) is 11.4. The summed E-state index contributed by atoms with van der Waals surface area (Å²) >= 11 is 36.8. The van der Waals surface area contributed by atoms with Crippen molar-refractivity contribution in [2.24, 2.45) is 11.8 Å². The molecule has 1 aromatic rings. The van der Waals surface area contributed by atoms with Crippen LogP contribution in [0.3, 0.4) is 0 Å². The predicted molar refractivity (Wildman–Crippen MR) is 119 cm³/mol. The second-order valence-electron chi connectivity index (χ2n) is 6.49. The molecule has 1 N–H and O–H groups in total. The van der Waals surface area contributed by atoms with E-state index in [0.29, 0.717) is 0 Å². The van der Waals surface area contributed by atoms with Gasteiger partial charge in [0, 0.05) is 36.9 Å². The van der Waals surface area contributed by atoms with Gasteiger partial charge in [-0.25, -0.2) is 4.98 Å². The summed E-state index contributed by atoms with van der Waals surface area (Å²) in [6.45, 7) is 3.57. The van der Waals surface area contributed by atoms with Gasteiger partial charge in [0.15, 0.2) is 7.59 Å². The molecule has 2 amide bonds. The summed E-state index contributed by atoms with van der Waals surface area (Å²) in [5.74, 6) is -1.77. The Bertz CT molecular complexity index is 648. The number of carbonyl (C=O) groups excluding carboxylic acids is 2. The third-order valence-corrected chi connectivity index (χ3v) is 7.25. The normalized spacial score (nSPS) is 15.6. The number of rotatable bonds is 8. The molecule has 1 heterocycles. The molecule has 0 bridgehead atoms. The van der Waals surface area contributed by atoms with E-state index in [-0.39, 0.29) is 31.2 Å². The molecule has 0 aliphatic carbocycles. The first-order valence-electron chi connectivity index (χ1n) is 8.28. The monoisotopic (exact) mass is 529 g/mol. The molecule has 1 rings (SSSR count). The summed E-state index contributed by atoms with van der Waals surface area (Å²) in [5, 5.41) is 5.31. The minimum absolute atomic E-state index is 0.0502. The van der Waals surface area contributed by atoms with Crippen LogP contribution in [0, 0.1) is 11.8 Å². The van der Waals surface area contributed by atoms with E-state index in [9.17, 15) is 9.59 Å². The SMILES string of the molecule is C[C@@H](CC(=O)N(C)[C@H](C[C@H](C)C(Cl)(Cl)Cl)C(=O)NCc1nccs1)C(Cl)(Cl)Cl. The minimum Gasteiger partial charge on any atom is -0.348 e. The molecular weight excluding hydrogens is 511 g/mol. The number of hydrogen-bond donors (Lipinski definition) is 1.